The largest absolute Gasteiger partial charge is 0.378 e. The van der Waals surface area contributed by atoms with E-state index in [0.717, 1.165) is 69.7 Å². The zero-order valence-electron chi connectivity index (χ0n) is 13.5. The van der Waals surface area contributed by atoms with Crippen LogP contribution in [0.1, 0.15) is 23.9 Å². The molecule has 0 aliphatic carbocycles. The molecule has 7 nitrogen and oxygen atoms in total. The second-order valence-corrected chi connectivity index (χ2v) is 6.02. The molecule has 0 radical (unpaired) electrons. The predicted octanol–water partition coefficient (Wildman–Crippen LogP) is 1.16. The lowest BCUT2D eigenvalue weighted by molar-refractivity contribution is 0.122. The number of morpholine rings is 1. The first-order valence-electron chi connectivity index (χ1n) is 8.30. The smallest absolute Gasteiger partial charge is 0.227 e. The summed E-state index contributed by atoms with van der Waals surface area (Å²) >= 11 is 0. The fourth-order valence-electron chi connectivity index (χ4n) is 3.13. The molecule has 1 N–H and O–H groups in total. The Labute approximate surface area is 135 Å². The number of anilines is 2. The normalized spacial score (nSPS) is 18.1. The van der Waals surface area contributed by atoms with E-state index in [1.54, 1.807) is 0 Å². The van der Waals surface area contributed by atoms with Crippen LogP contribution in [-0.2, 0) is 24.1 Å². The maximum atomic E-state index is 5.44. The number of hydrogen-bond donors (Lipinski definition) is 1. The molecule has 0 aromatic carbocycles. The zero-order valence-corrected chi connectivity index (χ0v) is 13.5. The Hall–Kier alpha value is -2.15. The van der Waals surface area contributed by atoms with E-state index >= 15 is 0 Å². The highest BCUT2D eigenvalue weighted by Crippen LogP contribution is 2.24. The SMILES string of the molecule is CCc1cc(N2CCc3[nH]ncc3C2)nc(N2CCOCC2)n1. The van der Waals surface area contributed by atoms with Crippen molar-refractivity contribution >= 4 is 11.8 Å². The maximum Gasteiger partial charge on any atom is 0.227 e. The first kappa shape index (κ1) is 14.4. The molecule has 0 amide bonds. The molecule has 122 valence electrons. The van der Waals surface area contributed by atoms with Crippen LogP contribution in [0.15, 0.2) is 12.3 Å². The molecular formula is C16H22N6O. The lowest BCUT2D eigenvalue weighted by Gasteiger charge is -2.31. The second-order valence-electron chi connectivity index (χ2n) is 6.02. The van der Waals surface area contributed by atoms with Crippen molar-refractivity contribution in [2.24, 2.45) is 0 Å². The van der Waals surface area contributed by atoms with Gasteiger partial charge in [0.25, 0.3) is 0 Å². The van der Waals surface area contributed by atoms with Gasteiger partial charge < -0.3 is 14.5 Å². The monoisotopic (exact) mass is 314 g/mol. The molecule has 0 unspecified atom stereocenters. The highest BCUT2D eigenvalue weighted by atomic mass is 16.5. The average Bonchev–Trinajstić information content (AvgIpc) is 3.09. The number of aryl methyl sites for hydroxylation is 1. The molecule has 0 atom stereocenters. The molecule has 2 aromatic rings. The summed E-state index contributed by atoms with van der Waals surface area (Å²) in [6, 6.07) is 2.12. The van der Waals surface area contributed by atoms with Crippen molar-refractivity contribution in [2.45, 2.75) is 26.3 Å². The number of ether oxygens (including phenoxy) is 1. The van der Waals surface area contributed by atoms with Crippen molar-refractivity contribution < 1.29 is 4.74 Å². The Morgan fingerprint density at radius 3 is 2.87 bits per heavy atom. The molecule has 2 aromatic heterocycles. The van der Waals surface area contributed by atoms with Gasteiger partial charge in [-0.25, -0.2) is 4.98 Å². The number of aromatic nitrogens is 4. The molecule has 0 spiro atoms. The Kier molecular flexibility index (Phi) is 3.87. The summed E-state index contributed by atoms with van der Waals surface area (Å²) in [5, 5.41) is 7.23. The van der Waals surface area contributed by atoms with Crippen molar-refractivity contribution in [1.82, 2.24) is 20.2 Å². The van der Waals surface area contributed by atoms with Gasteiger partial charge in [-0.3, -0.25) is 5.10 Å². The molecule has 0 bridgehead atoms. The van der Waals surface area contributed by atoms with Gasteiger partial charge in [-0.05, 0) is 6.42 Å². The van der Waals surface area contributed by atoms with Gasteiger partial charge in [-0.2, -0.15) is 10.1 Å². The van der Waals surface area contributed by atoms with E-state index in [1.807, 2.05) is 6.20 Å². The molecule has 4 heterocycles. The third kappa shape index (κ3) is 2.88. The number of rotatable bonds is 3. The van der Waals surface area contributed by atoms with Gasteiger partial charge in [0.1, 0.15) is 5.82 Å². The van der Waals surface area contributed by atoms with Crippen LogP contribution >= 0.6 is 0 Å². The van der Waals surface area contributed by atoms with Gasteiger partial charge in [0, 0.05) is 55.6 Å². The van der Waals surface area contributed by atoms with Gasteiger partial charge in [0.15, 0.2) is 0 Å². The quantitative estimate of drug-likeness (QED) is 0.917. The number of nitrogens with zero attached hydrogens (tertiary/aromatic N) is 5. The van der Waals surface area contributed by atoms with Crippen LogP contribution < -0.4 is 9.80 Å². The first-order chi connectivity index (χ1) is 11.3. The average molecular weight is 314 g/mol. The fraction of sp³-hybridized carbons (Fsp3) is 0.562. The Bertz CT molecular complexity index is 679. The number of nitrogens with one attached hydrogen (secondary N) is 1. The minimum absolute atomic E-state index is 0.747. The summed E-state index contributed by atoms with van der Waals surface area (Å²) in [4.78, 5) is 14.1. The molecule has 1 fully saturated rings. The number of fused-ring (bicyclic) bond motifs is 1. The molecule has 2 aliphatic rings. The number of aromatic amines is 1. The summed E-state index contributed by atoms with van der Waals surface area (Å²) in [5.74, 6) is 1.85. The highest BCUT2D eigenvalue weighted by molar-refractivity contribution is 5.48. The van der Waals surface area contributed by atoms with Gasteiger partial charge in [-0.15, -0.1) is 0 Å². The molecule has 0 saturated carbocycles. The Morgan fingerprint density at radius 1 is 1.17 bits per heavy atom. The van der Waals surface area contributed by atoms with Crippen molar-refractivity contribution in [3.05, 3.63) is 29.2 Å². The molecular weight excluding hydrogens is 292 g/mol. The van der Waals surface area contributed by atoms with Crippen LogP contribution in [0, 0.1) is 0 Å². The summed E-state index contributed by atoms with van der Waals surface area (Å²) < 4.78 is 5.44. The summed E-state index contributed by atoms with van der Waals surface area (Å²) in [6.07, 6.45) is 3.82. The third-order valence-electron chi connectivity index (χ3n) is 4.53. The highest BCUT2D eigenvalue weighted by Gasteiger charge is 2.21. The van der Waals surface area contributed by atoms with Crippen LogP contribution in [-0.4, -0.2) is 53.0 Å². The van der Waals surface area contributed by atoms with Crippen LogP contribution in [0.2, 0.25) is 0 Å². The van der Waals surface area contributed by atoms with E-state index in [0.29, 0.717) is 0 Å². The second kappa shape index (κ2) is 6.16. The lowest BCUT2D eigenvalue weighted by Crippen LogP contribution is -2.38. The van der Waals surface area contributed by atoms with Crippen molar-refractivity contribution in [3.8, 4) is 0 Å². The van der Waals surface area contributed by atoms with E-state index in [9.17, 15) is 0 Å². The van der Waals surface area contributed by atoms with Gasteiger partial charge >= 0.3 is 0 Å². The van der Waals surface area contributed by atoms with Crippen LogP contribution in [0.3, 0.4) is 0 Å². The minimum Gasteiger partial charge on any atom is -0.378 e. The van der Waals surface area contributed by atoms with Crippen molar-refractivity contribution in [3.63, 3.8) is 0 Å². The lowest BCUT2D eigenvalue weighted by atomic mass is 10.1. The van der Waals surface area contributed by atoms with E-state index in [1.165, 1.54) is 11.3 Å². The fourth-order valence-corrected chi connectivity index (χ4v) is 3.13. The van der Waals surface area contributed by atoms with Gasteiger partial charge in [0.2, 0.25) is 5.95 Å². The summed E-state index contributed by atoms with van der Waals surface area (Å²) in [5.41, 5.74) is 3.61. The molecule has 2 aliphatic heterocycles. The van der Waals surface area contributed by atoms with Gasteiger partial charge in [0.05, 0.1) is 19.4 Å². The van der Waals surface area contributed by atoms with Crippen molar-refractivity contribution in [2.75, 3.05) is 42.6 Å². The first-order valence-corrected chi connectivity index (χ1v) is 8.30. The van der Waals surface area contributed by atoms with Crippen LogP contribution in [0.25, 0.3) is 0 Å². The molecule has 4 rings (SSSR count). The number of hydrogen-bond acceptors (Lipinski definition) is 6. The van der Waals surface area contributed by atoms with Crippen LogP contribution in [0.4, 0.5) is 11.8 Å². The molecule has 23 heavy (non-hydrogen) atoms. The Balaban J connectivity index is 1.62. The number of H-pyrrole nitrogens is 1. The zero-order chi connectivity index (χ0) is 15.6. The maximum absolute atomic E-state index is 5.44. The van der Waals surface area contributed by atoms with Gasteiger partial charge in [-0.1, -0.05) is 6.92 Å². The summed E-state index contributed by atoms with van der Waals surface area (Å²) in [6.45, 7) is 7.16. The van der Waals surface area contributed by atoms with E-state index in [-0.39, 0.29) is 0 Å². The third-order valence-corrected chi connectivity index (χ3v) is 4.53. The standard InChI is InChI=1S/C16H22N6O/c1-2-13-9-15(19-16(18-13)21-5-7-23-8-6-21)22-4-3-14-12(11-22)10-17-20-14/h9-10H,2-8,11H2,1H3,(H,17,20). The predicted molar refractivity (Wildman–Crippen MR) is 87.8 cm³/mol. The summed E-state index contributed by atoms with van der Waals surface area (Å²) in [7, 11) is 0. The molecule has 7 heteroatoms. The molecule has 1 saturated heterocycles. The van der Waals surface area contributed by atoms with Crippen LogP contribution in [0.5, 0.6) is 0 Å². The van der Waals surface area contributed by atoms with E-state index in [4.69, 9.17) is 14.7 Å². The van der Waals surface area contributed by atoms with Crippen molar-refractivity contribution in [1.29, 1.82) is 0 Å². The van der Waals surface area contributed by atoms with E-state index in [2.05, 4.69) is 33.0 Å². The minimum atomic E-state index is 0.747. The Morgan fingerprint density at radius 2 is 2.04 bits per heavy atom. The van der Waals surface area contributed by atoms with E-state index < -0.39 is 0 Å². The topological polar surface area (TPSA) is 70.2 Å².